The number of amidine groups is 1. The average Bonchev–Trinajstić information content (AvgIpc) is 2.69. The molecule has 0 saturated carbocycles. The molecule has 0 aromatic carbocycles. The fraction of sp³-hybridized carbons (Fsp3) is 0.333. The lowest BCUT2D eigenvalue weighted by molar-refractivity contribution is 0.192. The van der Waals surface area contributed by atoms with E-state index in [0.717, 1.165) is 0 Å². The van der Waals surface area contributed by atoms with Gasteiger partial charge in [0.1, 0.15) is 5.52 Å². The van der Waals surface area contributed by atoms with Crippen molar-refractivity contribution in [3.63, 3.8) is 0 Å². The van der Waals surface area contributed by atoms with Crippen LogP contribution in [-0.4, -0.2) is 52.2 Å². The second-order valence-corrected chi connectivity index (χ2v) is 3.30. The maximum absolute atomic E-state index is 5.43. The summed E-state index contributed by atoms with van der Waals surface area (Å²) in [7, 11) is 5.30. The highest BCUT2D eigenvalue weighted by molar-refractivity contribution is 5.75. The summed E-state index contributed by atoms with van der Waals surface area (Å²) in [5.74, 6) is 0. The molecule has 0 atom stereocenters. The van der Waals surface area contributed by atoms with E-state index in [-0.39, 0.29) is 0 Å². The van der Waals surface area contributed by atoms with E-state index >= 15 is 0 Å². The number of hydrogen-bond donors (Lipinski definition) is 0. The zero-order chi connectivity index (χ0) is 11.5. The lowest BCUT2D eigenvalue weighted by atomic mass is 10.4. The standard InChI is InChI=1S/C9H12N6O/c1-10-9(14(2)3)16-15-8-7(12-13-15)5-4-6-11-8/h4-6H,1-3H3/b10-9-. The number of hydrogen-bond acceptors (Lipinski definition) is 5. The van der Waals surface area contributed by atoms with E-state index in [1.807, 2.05) is 20.2 Å². The third-order valence-electron chi connectivity index (χ3n) is 1.92. The number of rotatable bonds is 1. The van der Waals surface area contributed by atoms with Crippen LogP contribution in [-0.2, 0) is 0 Å². The fourth-order valence-electron chi connectivity index (χ4n) is 1.21. The minimum absolute atomic E-state index is 0.428. The molecule has 2 aromatic rings. The SMILES string of the molecule is C/N=C(\On1nnc2cccnc21)N(C)C. The van der Waals surface area contributed by atoms with Crippen LogP contribution in [0, 0.1) is 0 Å². The van der Waals surface area contributed by atoms with E-state index < -0.39 is 0 Å². The minimum atomic E-state index is 0.428. The third kappa shape index (κ3) is 1.79. The molecule has 2 heterocycles. The molecule has 2 rings (SSSR count). The van der Waals surface area contributed by atoms with Gasteiger partial charge in [-0.3, -0.25) is 0 Å². The van der Waals surface area contributed by atoms with Crippen LogP contribution >= 0.6 is 0 Å². The molecule has 0 radical (unpaired) electrons. The Morgan fingerprint density at radius 1 is 1.50 bits per heavy atom. The molecular formula is C9H12N6O. The quantitative estimate of drug-likeness (QED) is 0.492. The third-order valence-corrected chi connectivity index (χ3v) is 1.92. The van der Waals surface area contributed by atoms with Crippen molar-refractivity contribution in [2.75, 3.05) is 21.1 Å². The highest BCUT2D eigenvalue weighted by Crippen LogP contribution is 2.04. The molecule has 0 aliphatic rings. The van der Waals surface area contributed by atoms with E-state index in [2.05, 4.69) is 20.3 Å². The normalized spacial score (nSPS) is 11.8. The molecule has 0 unspecified atom stereocenters. The highest BCUT2D eigenvalue weighted by Gasteiger charge is 2.10. The number of pyridine rings is 1. The summed E-state index contributed by atoms with van der Waals surface area (Å²) >= 11 is 0. The Morgan fingerprint density at radius 3 is 3.00 bits per heavy atom. The molecule has 0 aliphatic carbocycles. The van der Waals surface area contributed by atoms with E-state index in [9.17, 15) is 0 Å². The summed E-state index contributed by atoms with van der Waals surface area (Å²) in [4.78, 5) is 16.5. The first kappa shape index (κ1) is 10.3. The highest BCUT2D eigenvalue weighted by atomic mass is 16.7. The summed E-state index contributed by atoms with van der Waals surface area (Å²) in [6.45, 7) is 0. The van der Waals surface area contributed by atoms with Crippen LogP contribution in [0.1, 0.15) is 0 Å². The Bertz CT molecular complexity index is 517. The van der Waals surface area contributed by atoms with Gasteiger partial charge in [-0.1, -0.05) is 0 Å². The van der Waals surface area contributed by atoms with Crippen molar-refractivity contribution in [3.05, 3.63) is 18.3 Å². The molecule has 0 bridgehead atoms. The molecule has 0 saturated heterocycles. The lowest BCUT2D eigenvalue weighted by Crippen LogP contribution is -2.33. The second-order valence-electron chi connectivity index (χ2n) is 3.30. The van der Waals surface area contributed by atoms with Crippen molar-refractivity contribution < 1.29 is 4.84 Å². The molecular weight excluding hydrogens is 208 g/mol. The summed E-state index contributed by atoms with van der Waals surface area (Å²) in [5.41, 5.74) is 1.24. The second kappa shape index (κ2) is 4.13. The van der Waals surface area contributed by atoms with Gasteiger partial charge in [-0.2, -0.15) is 0 Å². The predicted octanol–water partition coefficient (Wildman–Crippen LogP) is -0.198. The first-order valence-electron chi connectivity index (χ1n) is 4.71. The van der Waals surface area contributed by atoms with E-state index in [1.54, 1.807) is 24.2 Å². The Kier molecular flexibility index (Phi) is 2.67. The molecule has 84 valence electrons. The van der Waals surface area contributed by atoms with Crippen LogP contribution in [0.4, 0.5) is 0 Å². The zero-order valence-electron chi connectivity index (χ0n) is 9.32. The van der Waals surface area contributed by atoms with Gasteiger partial charge in [0.05, 0.1) is 0 Å². The first-order valence-corrected chi connectivity index (χ1v) is 4.71. The lowest BCUT2D eigenvalue weighted by Gasteiger charge is -2.13. The molecule has 0 spiro atoms. The van der Waals surface area contributed by atoms with Gasteiger partial charge >= 0.3 is 6.02 Å². The summed E-state index contributed by atoms with van der Waals surface area (Å²) in [5, 5.41) is 7.76. The van der Waals surface area contributed by atoms with Gasteiger partial charge in [-0.25, -0.2) is 9.98 Å². The van der Waals surface area contributed by atoms with E-state index in [0.29, 0.717) is 17.2 Å². The molecule has 7 heteroatoms. The molecule has 0 fully saturated rings. The molecule has 7 nitrogen and oxygen atoms in total. The van der Waals surface area contributed by atoms with Crippen molar-refractivity contribution in [2.24, 2.45) is 4.99 Å². The smallest absolute Gasteiger partial charge is 0.316 e. The topological polar surface area (TPSA) is 68.4 Å². The van der Waals surface area contributed by atoms with Gasteiger partial charge in [0, 0.05) is 27.3 Å². The number of aromatic nitrogens is 4. The number of nitrogens with zero attached hydrogens (tertiary/aromatic N) is 6. The van der Waals surface area contributed by atoms with Crippen LogP contribution in [0.3, 0.4) is 0 Å². The number of fused-ring (bicyclic) bond motifs is 1. The monoisotopic (exact) mass is 220 g/mol. The van der Waals surface area contributed by atoms with Crippen LogP contribution in [0.2, 0.25) is 0 Å². The maximum Gasteiger partial charge on any atom is 0.316 e. The van der Waals surface area contributed by atoms with Gasteiger partial charge in [0.2, 0.25) is 5.65 Å². The molecule has 0 aliphatic heterocycles. The van der Waals surface area contributed by atoms with Crippen LogP contribution in [0.25, 0.3) is 11.2 Å². The van der Waals surface area contributed by atoms with Crippen molar-refractivity contribution in [1.82, 2.24) is 25.0 Å². The van der Waals surface area contributed by atoms with Crippen molar-refractivity contribution >= 4 is 17.2 Å². The van der Waals surface area contributed by atoms with Gasteiger partial charge in [-0.15, -0.1) is 5.10 Å². The van der Waals surface area contributed by atoms with Crippen LogP contribution in [0.5, 0.6) is 0 Å². The molecule has 16 heavy (non-hydrogen) atoms. The molecule has 2 aromatic heterocycles. The summed E-state index contributed by atoms with van der Waals surface area (Å²) < 4.78 is 0. The Hall–Kier alpha value is -2.18. The number of aliphatic imine (C=N–C) groups is 1. The largest absolute Gasteiger partial charge is 0.331 e. The summed E-state index contributed by atoms with van der Waals surface area (Å²) in [6.07, 6.45) is 1.66. The van der Waals surface area contributed by atoms with Gasteiger partial charge in [0.15, 0.2) is 0 Å². The summed E-state index contributed by atoms with van der Waals surface area (Å²) in [6, 6.07) is 4.04. The molecule has 0 N–H and O–H groups in total. The maximum atomic E-state index is 5.43. The fourth-order valence-corrected chi connectivity index (χ4v) is 1.21. The van der Waals surface area contributed by atoms with Gasteiger partial charge < -0.3 is 9.74 Å². The van der Waals surface area contributed by atoms with Gasteiger partial charge in [0.25, 0.3) is 0 Å². The average molecular weight is 220 g/mol. The zero-order valence-corrected chi connectivity index (χ0v) is 9.32. The van der Waals surface area contributed by atoms with Crippen molar-refractivity contribution in [3.8, 4) is 0 Å². The van der Waals surface area contributed by atoms with E-state index in [4.69, 9.17) is 4.84 Å². The van der Waals surface area contributed by atoms with Crippen LogP contribution in [0.15, 0.2) is 23.3 Å². The van der Waals surface area contributed by atoms with Crippen LogP contribution < -0.4 is 4.84 Å². The Balaban J connectivity index is 2.34. The van der Waals surface area contributed by atoms with Crippen molar-refractivity contribution in [2.45, 2.75) is 0 Å². The van der Waals surface area contributed by atoms with Gasteiger partial charge in [-0.05, 0) is 22.2 Å². The minimum Gasteiger partial charge on any atom is -0.331 e. The Labute approximate surface area is 92.3 Å². The predicted molar refractivity (Wildman–Crippen MR) is 58.9 cm³/mol. The van der Waals surface area contributed by atoms with Crippen molar-refractivity contribution in [1.29, 1.82) is 0 Å². The Morgan fingerprint density at radius 2 is 2.31 bits per heavy atom. The first-order chi connectivity index (χ1) is 7.72. The molecule has 0 amide bonds. The van der Waals surface area contributed by atoms with E-state index in [1.165, 1.54) is 4.85 Å².